The third-order valence-corrected chi connectivity index (χ3v) is 4.96. The van der Waals surface area contributed by atoms with E-state index < -0.39 is 52.6 Å². The molecular weight excluding hydrogens is 441 g/mol. The number of hydrogen-bond acceptors (Lipinski definition) is 4. The van der Waals surface area contributed by atoms with E-state index in [1.54, 1.807) is 13.8 Å². The quantitative estimate of drug-likeness (QED) is 0.416. The van der Waals surface area contributed by atoms with Gasteiger partial charge in [0, 0.05) is 18.7 Å². The lowest BCUT2D eigenvalue weighted by atomic mass is 10.1. The lowest BCUT2D eigenvalue weighted by molar-refractivity contribution is -0.116. The Kier molecular flexibility index (Phi) is 7.00. The Hall–Kier alpha value is -3.89. The van der Waals surface area contributed by atoms with E-state index in [0.29, 0.717) is 18.0 Å². The Labute approximate surface area is 185 Å². The summed E-state index contributed by atoms with van der Waals surface area (Å²) in [5, 5.41) is 2.13. The zero-order valence-electron chi connectivity index (χ0n) is 17.9. The second kappa shape index (κ2) is 9.72. The van der Waals surface area contributed by atoms with Crippen molar-refractivity contribution >= 4 is 28.5 Å². The van der Waals surface area contributed by atoms with Crippen molar-refractivity contribution in [2.45, 2.75) is 26.8 Å². The van der Waals surface area contributed by atoms with E-state index in [2.05, 4.69) is 10.3 Å². The number of aromatic amines is 1. The van der Waals surface area contributed by atoms with E-state index in [1.165, 1.54) is 27.7 Å². The number of amides is 2. The Morgan fingerprint density at radius 1 is 1.06 bits per heavy atom. The molecule has 3 aromatic rings. The molecule has 0 aliphatic rings. The maximum absolute atomic E-state index is 13.8. The van der Waals surface area contributed by atoms with Crippen molar-refractivity contribution in [1.82, 2.24) is 14.5 Å². The molecule has 3 rings (SSSR count). The van der Waals surface area contributed by atoms with E-state index >= 15 is 0 Å². The molecule has 0 saturated heterocycles. The van der Waals surface area contributed by atoms with Gasteiger partial charge in [-0.05, 0) is 43.7 Å². The number of fused-ring (bicyclic) bond motifs is 1. The summed E-state index contributed by atoms with van der Waals surface area (Å²) in [5.41, 5.74) is -1.22. The lowest BCUT2D eigenvalue weighted by Gasteiger charge is -2.22. The van der Waals surface area contributed by atoms with Gasteiger partial charge in [0.05, 0.1) is 16.7 Å². The van der Waals surface area contributed by atoms with Crippen molar-refractivity contribution in [2.24, 2.45) is 0 Å². The fraction of sp³-hybridized carbons (Fsp3) is 0.273. The summed E-state index contributed by atoms with van der Waals surface area (Å²) in [5.74, 6) is -6.01. The number of carbonyl (C=O) groups excluding carboxylic acids is 2. The fourth-order valence-electron chi connectivity index (χ4n) is 3.42. The van der Waals surface area contributed by atoms with E-state index in [0.717, 1.165) is 6.07 Å². The maximum atomic E-state index is 13.8. The Morgan fingerprint density at radius 2 is 1.79 bits per heavy atom. The smallest absolute Gasteiger partial charge is 0.316 e. The molecule has 0 saturated carbocycles. The fourth-order valence-corrected chi connectivity index (χ4v) is 3.42. The van der Waals surface area contributed by atoms with Crippen LogP contribution in [0.1, 0.15) is 30.6 Å². The molecule has 0 bridgehead atoms. The van der Waals surface area contributed by atoms with Crippen LogP contribution < -0.4 is 16.4 Å². The highest BCUT2D eigenvalue weighted by Crippen LogP contribution is 2.20. The van der Waals surface area contributed by atoms with Crippen LogP contribution in [0.4, 0.5) is 18.9 Å². The van der Waals surface area contributed by atoms with Crippen molar-refractivity contribution in [1.29, 1.82) is 0 Å². The van der Waals surface area contributed by atoms with E-state index in [1.807, 2.05) is 0 Å². The van der Waals surface area contributed by atoms with E-state index in [4.69, 9.17) is 0 Å². The van der Waals surface area contributed by atoms with Gasteiger partial charge in [0.1, 0.15) is 6.54 Å². The maximum Gasteiger partial charge on any atom is 0.316 e. The third-order valence-electron chi connectivity index (χ3n) is 4.96. The number of halogens is 3. The van der Waals surface area contributed by atoms with Crippen LogP contribution in [0, 0.1) is 17.5 Å². The van der Waals surface area contributed by atoms with Crippen molar-refractivity contribution < 1.29 is 22.8 Å². The molecule has 0 spiro atoms. The van der Waals surface area contributed by atoms with Crippen LogP contribution in [0.15, 0.2) is 39.9 Å². The molecule has 2 aromatic carbocycles. The van der Waals surface area contributed by atoms with Crippen LogP contribution in [0.3, 0.4) is 0 Å². The van der Waals surface area contributed by atoms with Crippen molar-refractivity contribution in [3.05, 3.63) is 74.1 Å². The number of carbonyl (C=O) groups is 2. The molecule has 1 aromatic heterocycles. The highest BCUT2D eigenvalue weighted by atomic mass is 19.2. The molecule has 0 fully saturated rings. The number of hydrogen-bond donors (Lipinski definition) is 2. The van der Waals surface area contributed by atoms with Crippen LogP contribution in [-0.2, 0) is 11.3 Å². The summed E-state index contributed by atoms with van der Waals surface area (Å²) < 4.78 is 41.6. The molecule has 33 heavy (non-hydrogen) atoms. The monoisotopic (exact) mass is 462 g/mol. The molecule has 0 aliphatic carbocycles. The van der Waals surface area contributed by atoms with Crippen molar-refractivity contribution in [3.8, 4) is 0 Å². The SMILES string of the molecule is CCCN(CC(=O)Nc1ccc(F)c(F)c1F)C(=O)c1ccc2c(c1)[nH]c(=O)c(=O)n2CC. The van der Waals surface area contributed by atoms with Gasteiger partial charge in [0.25, 0.3) is 5.91 Å². The standard InChI is InChI=1S/C22H21F3N4O4/c1-3-9-28(11-17(30)26-14-7-6-13(23)18(24)19(14)25)21(32)12-5-8-16-15(10-12)27-20(31)22(33)29(16)4-2/h5-8,10H,3-4,9,11H2,1-2H3,(H,26,30)(H,27,31). The summed E-state index contributed by atoms with van der Waals surface area (Å²) in [6.07, 6.45) is 0.498. The molecular formula is C22H21F3N4O4. The van der Waals surface area contributed by atoms with Gasteiger partial charge in [-0.25, -0.2) is 13.2 Å². The zero-order valence-corrected chi connectivity index (χ0v) is 17.9. The first-order valence-corrected chi connectivity index (χ1v) is 10.2. The Balaban J connectivity index is 1.86. The largest absolute Gasteiger partial charge is 0.329 e. The molecule has 174 valence electrons. The zero-order chi connectivity index (χ0) is 24.3. The second-order valence-electron chi connectivity index (χ2n) is 7.23. The van der Waals surface area contributed by atoms with Crippen molar-refractivity contribution in [2.75, 3.05) is 18.4 Å². The number of aromatic nitrogens is 2. The first-order chi connectivity index (χ1) is 15.7. The molecule has 0 radical (unpaired) electrons. The first-order valence-electron chi connectivity index (χ1n) is 10.2. The number of nitrogens with one attached hydrogen (secondary N) is 2. The lowest BCUT2D eigenvalue weighted by Crippen LogP contribution is -2.39. The topological polar surface area (TPSA) is 104 Å². The second-order valence-corrected chi connectivity index (χ2v) is 7.23. The summed E-state index contributed by atoms with van der Waals surface area (Å²) in [4.78, 5) is 53.0. The summed E-state index contributed by atoms with van der Waals surface area (Å²) in [6, 6.07) is 5.94. The minimum atomic E-state index is -1.72. The minimum absolute atomic E-state index is 0.153. The van der Waals surface area contributed by atoms with Gasteiger partial charge in [-0.2, -0.15) is 0 Å². The number of aryl methyl sites for hydroxylation is 1. The van der Waals surface area contributed by atoms with Crippen molar-refractivity contribution in [3.63, 3.8) is 0 Å². The Morgan fingerprint density at radius 3 is 2.45 bits per heavy atom. The summed E-state index contributed by atoms with van der Waals surface area (Å²) >= 11 is 0. The van der Waals surface area contributed by atoms with Crippen LogP contribution in [0.25, 0.3) is 11.0 Å². The number of nitrogens with zero attached hydrogens (tertiary/aromatic N) is 2. The van der Waals surface area contributed by atoms with Gasteiger partial charge >= 0.3 is 11.1 Å². The average molecular weight is 462 g/mol. The molecule has 0 unspecified atom stereocenters. The highest BCUT2D eigenvalue weighted by molar-refractivity contribution is 6.01. The van der Waals surface area contributed by atoms with Crippen LogP contribution in [0.5, 0.6) is 0 Å². The number of anilines is 1. The number of benzene rings is 2. The number of rotatable bonds is 7. The van der Waals surface area contributed by atoms with E-state index in [9.17, 15) is 32.3 Å². The molecule has 0 aliphatic heterocycles. The van der Waals surface area contributed by atoms with Gasteiger partial charge in [-0.15, -0.1) is 0 Å². The van der Waals surface area contributed by atoms with Gasteiger partial charge < -0.3 is 19.8 Å². The van der Waals surface area contributed by atoms with Gasteiger partial charge in [0.15, 0.2) is 17.5 Å². The highest BCUT2D eigenvalue weighted by Gasteiger charge is 2.21. The Bertz CT molecular complexity index is 1350. The van der Waals surface area contributed by atoms with Crippen LogP contribution in [-0.4, -0.2) is 39.4 Å². The molecule has 11 heteroatoms. The first kappa shape index (κ1) is 23.8. The summed E-state index contributed by atoms with van der Waals surface area (Å²) in [6.45, 7) is 3.45. The minimum Gasteiger partial charge on any atom is -0.329 e. The molecule has 0 atom stereocenters. The molecule has 8 nitrogen and oxygen atoms in total. The van der Waals surface area contributed by atoms with Crippen LogP contribution >= 0.6 is 0 Å². The third kappa shape index (κ3) is 4.81. The van der Waals surface area contributed by atoms with Crippen LogP contribution in [0.2, 0.25) is 0 Å². The molecule has 1 heterocycles. The number of H-pyrrole nitrogens is 1. The van der Waals surface area contributed by atoms with E-state index in [-0.39, 0.29) is 24.2 Å². The predicted molar refractivity (Wildman–Crippen MR) is 116 cm³/mol. The average Bonchev–Trinajstić information content (AvgIpc) is 2.79. The molecule has 2 N–H and O–H groups in total. The normalized spacial score (nSPS) is 10.9. The predicted octanol–water partition coefficient (Wildman–Crippen LogP) is 2.62. The van der Waals surface area contributed by atoms with Gasteiger partial charge in [-0.3, -0.25) is 19.2 Å². The van der Waals surface area contributed by atoms with Gasteiger partial charge in [0.2, 0.25) is 5.91 Å². The summed E-state index contributed by atoms with van der Waals surface area (Å²) in [7, 11) is 0. The van der Waals surface area contributed by atoms with Gasteiger partial charge in [-0.1, -0.05) is 6.92 Å². The molecule has 2 amide bonds.